The lowest BCUT2D eigenvalue weighted by atomic mass is 9.78. The van der Waals surface area contributed by atoms with Crippen LogP contribution in [-0.2, 0) is 6.18 Å². The van der Waals surface area contributed by atoms with Crippen LogP contribution in [0, 0.1) is 17.0 Å². The number of amides is 3. The Labute approximate surface area is 187 Å². The van der Waals surface area contributed by atoms with Crippen LogP contribution in [-0.4, -0.2) is 47.9 Å². The molecule has 4 rings (SSSR count). The number of hydrogen-bond donors (Lipinski definition) is 1. The molecule has 2 aliphatic rings. The van der Waals surface area contributed by atoms with Crippen molar-refractivity contribution in [2.45, 2.75) is 25.4 Å². The molecule has 1 N–H and O–H groups in total. The molecule has 2 fully saturated rings. The van der Waals surface area contributed by atoms with Gasteiger partial charge in [0.05, 0.1) is 5.56 Å². The van der Waals surface area contributed by atoms with Gasteiger partial charge in [0, 0.05) is 31.9 Å². The molecule has 2 saturated heterocycles. The normalized spacial score (nSPS) is 18.0. The lowest BCUT2D eigenvalue weighted by Gasteiger charge is -2.39. The molecule has 10 heteroatoms. The van der Waals surface area contributed by atoms with Crippen molar-refractivity contribution < 1.29 is 31.5 Å². The maximum Gasteiger partial charge on any atom is 0.416 e. The Kier molecular flexibility index (Phi) is 6.02. The number of piperidine rings is 1. The number of halogens is 5. The van der Waals surface area contributed by atoms with E-state index in [9.17, 15) is 31.5 Å². The second kappa shape index (κ2) is 8.64. The fourth-order valence-corrected chi connectivity index (χ4v) is 4.51. The summed E-state index contributed by atoms with van der Waals surface area (Å²) in [5.74, 6) is -2.46. The number of likely N-dealkylation sites (tertiary alicyclic amines) is 2. The van der Waals surface area contributed by atoms with Crippen LogP contribution >= 0.6 is 0 Å². The molecule has 0 saturated carbocycles. The zero-order valence-corrected chi connectivity index (χ0v) is 17.6. The van der Waals surface area contributed by atoms with Crippen molar-refractivity contribution in [3.05, 3.63) is 65.2 Å². The summed E-state index contributed by atoms with van der Waals surface area (Å²) in [6.45, 7) is 1.55. The Morgan fingerprint density at radius 1 is 0.848 bits per heavy atom. The predicted molar refractivity (Wildman–Crippen MR) is 111 cm³/mol. The van der Waals surface area contributed by atoms with Crippen LogP contribution in [0.5, 0.6) is 0 Å². The third kappa shape index (κ3) is 4.79. The minimum atomic E-state index is -4.45. The summed E-state index contributed by atoms with van der Waals surface area (Å²) in [4.78, 5) is 28.2. The molecule has 0 atom stereocenters. The van der Waals surface area contributed by atoms with Gasteiger partial charge >= 0.3 is 12.2 Å². The van der Waals surface area contributed by atoms with Gasteiger partial charge in [-0.25, -0.2) is 13.6 Å². The van der Waals surface area contributed by atoms with Crippen LogP contribution in [0.15, 0.2) is 42.5 Å². The molecule has 3 amide bonds. The van der Waals surface area contributed by atoms with Crippen LogP contribution in [0.3, 0.4) is 0 Å². The monoisotopic (exact) mass is 467 g/mol. The maximum absolute atomic E-state index is 14.0. The van der Waals surface area contributed by atoms with Gasteiger partial charge in [-0.1, -0.05) is 6.07 Å². The van der Waals surface area contributed by atoms with Gasteiger partial charge in [0.1, 0.15) is 17.2 Å². The quantitative estimate of drug-likeness (QED) is 0.622. The maximum atomic E-state index is 14.0. The number of nitrogens with zero attached hydrogens (tertiary/aromatic N) is 2. The standard InChI is InChI=1S/C23H22F5N3O2/c24-17-2-1-3-18(25)19(17)20(32)31-13-10-22(14-31)8-11-30(12-9-22)21(33)29-16-6-4-15(5-7-16)23(26,27)28/h1-7H,8-14H2,(H,29,33). The zero-order valence-electron chi connectivity index (χ0n) is 17.6. The molecule has 176 valence electrons. The van der Waals surface area contributed by atoms with E-state index in [1.54, 1.807) is 4.90 Å². The van der Waals surface area contributed by atoms with Crippen molar-refractivity contribution in [2.24, 2.45) is 5.41 Å². The van der Waals surface area contributed by atoms with Crippen LogP contribution < -0.4 is 5.32 Å². The van der Waals surface area contributed by atoms with Crippen LogP contribution in [0.4, 0.5) is 32.4 Å². The Bertz CT molecular complexity index is 1030. The first-order valence-electron chi connectivity index (χ1n) is 10.5. The molecule has 2 aromatic rings. The number of alkyl halides is 3. The predicted octanol–water partition coefficient (Wildman–Crippen LogP) is 5.14. The average molecular weight is 467 g/mol. The third-order valence-corrected chi connectivity index (χ3v) is 6.48. The lowest BCUT2D eigenvalue weighted by Crippen LogP contribution is -2.46. The van der Waals surface area contributed by atoms with E-state index in [1.807, 2.05) is 0 Å². The van der Waals surface area contributed by atoms with Gasteiger partial charge in [-0.05, 0) is 61.1 Å². The van der Waals surface area contributed by atoms with E-state index in [0.717, 1.165) is 24.3 Å². The van der Waals surface area contributed by atoms with Gasteiger partial charge in [-0.3, -0.25) is 4.79 Å². The molecule has 2 aromatic carbocycles. The topological polar surface area (TPSA) is 52.7 Å². The fourth-order valence-electron chi connectivity index (χ4n) is 4.51. The van der Waals surface area contributed by atoms with E-state index in [1.165, 1.54) is 23.1 Å². The highest BCUT2D eigenvalue weighted by molar-refractivity contribution is 5.95. The number of anilines is 1. The minimum absolute atomic E-state index is 0.234. The first-order valence-corrected chi connectivity index (χ1v) is 10.5. The number of nitrogens with one attached hydrogen (secondary N) is 1. The summed E-state index contributed by atoms with van der Waals surface area (Å²) in [6.07, 6.45) is -2.56. The molecule has 0 bridgehead atoms. The lowest BCUT2D eigenvalue weighted by molar-refractivity contribution is -0.137. The van der Waals surface area contributed by atoms with E-state index >= 15 is 0 Å². The van der Waals surface area contributed by atoms with E-state index in [4.69, 9.17) is 0 Å². The first-order chi connectivity index (χ1) is 15.6. The van der Waals surface area contributed by atoms with Gasteiger partial charge in [-0.15, -0.1) is 0 Å². The molecular weight excluding hydrogens is 445 g/mol. The van der Waals surface area contributed by atoms with Gasteiger partial charge in [0.15, 0.2) is 0 Å². The van der Waals surface area contributed by atoms with Crippen molar-refractivity contribution in [1.82, 2.24) is 9.80 Å². The second-order valence-electron chi connectivity index (χ2n) is 8.57. The van der Waals surface area contributed by atoms with Gasteiger partial charge in [0.2, 0.25) is 0 Å². The number of urea groups is 1. The molecule has 2 heterocycles. The van der Waals surface area contributed by atoms with E-state index in [2.05, 4.69) is 5.32 Å². The third-order valence-electron chi connectivity index (χ3n) is 6.48. The highest BCUT2D eigenvalue weighted by Crippen LogP contribution is 2.41. The number of hydrogen-bond acceptors (Lipinski definition) is 2. The van der Waals surface area contributed by atoms with Gasteiger partial charge in [-0.2, -0.15) is 13.2 Å². The second-order valence-corrected chi connectivity index (χ2v) is 8.57. The Morgan fingerprint density at radius 2 is 1.39 bits per heavy atom. The van der Waals surface area contributed by atoms with Crippen molar-refractivity contribution in [2.75, 3.05) is 31.5 Å². The largest absolute Gasteiger partial charge is 0.416 e. The van der Waals surface area contributed by atoms with E-state index in [0.29, 0.717) is 45.4 Å². The summed E-state index contributed by atoms with van der Waals surface area (Å²) in [5.41, 5.74) is -1.32. The summed E-state index contributed by atoms with van der Waals surface area (Å²) in [7, 11) is 0. The van der Waals surface area contributed by atoms with Crippen molar-refractivity contribution in [3.63, 3.8) is 0 Å². The van der Waals surface area contributed by atoms with Crippen LogP contribution in [0.2, 0.25) is 0 Å². The Balaban J connectivity index is 1.33. The zero-order chi connectivity index (χ0) is 23.8. The molecule has 0 radical (unpaired) electrons. The molecule has 1 spiro atoms. The number of carbonyl (C=O) groups is 2. The molecule has 0 aliphatic carbocycles. The molecule has 0 aromatic heterocycles. The Hall–Kier alpha value is -3.17. The smallest absolute Gasteiger partial charge is 0.338 e. The molecule has 2 aliphatic heterocycles. The van der Waals surface area contributed by atoms with Crippen LogP contribution in [0.1, 0.15) is 35.2 Å². The molecular formula is C23H22F5N3O2. The van der Waals surface area contributed by atoms with E-state index in [-0.39, 0.29) is 11.1 Å². The van der Waals surface area contributed by atoms with Crippen molar-refractivity contribution in [1.29, 1.82) is 0 Å². The number of benzene rings is 2. The highest BCUT2D eigenvalue weighted by atomic mass is 19.4. The Morgan fingerprint density at radius 3 is 1.94 bits per heavy atom. The molecule has 0 unspecified atom stereocenters. The van der Waals surface area contributed by atoms with Crippen molar-refractivity contribution in [3.8, 4) is 0 Å². The number of rotatable bonds is 2. The summed E-state index contributed by atoms with van der Waals surface area (Å²) in [6, 6.07) is 7.11. The summed E-state index contributed by atoms with van der Waals surface area (Å²) in [5, 5.41) is 2.60. The number of carbonyl (C=O) groups excluding carboxylic acids is 2. The SMILES string of the molecule is O=C(Nc1ccc(C(F)(F)F)cc1)N1CCC2(CC1)CCN(C(=O)c1c(F)cccc1F)C2. The van der Waals surface area contributed by atoms with E-state index < -0.39 is 40.9 Å². The minimum Gasteiger partial charge on any atom is -0.338 e. The summed E-state index contributed by atoms with van der Waals surface area (Å²) < 4.78 is 66.0. The average Bonchev–Trinajstić information content (AvgIpc) is 3.17. The van der Waals surface area contributed by atoms with Crippen molar-refractivity contribution >= 4 is 17.6 Å². The summed E-state index contributed by atoms with van der Waals surface area (Å²) >= 11 is 0. The molecule has 33 heavy (non-hydrogen) atoms. The van der Waals surface area contributed by atoms with Gasteiger partial charge < -0.3 is 15.1 Å². The fraction of sp³-hybridized carbons (Fsp3) is 0.391. The van der Waals surface area contributed by atoms with Gasteiger partial charge in [0.25, 0.3) is 5.91 Å². The molecule has 5 nitrogen and oxygen atoms in total. The first kappa shape index (κ1) is 23.0. The van der Waals surface area contributed by atoms with Crippen LogP contribution in [0.25, 0.3) is 0 Å². The highest BCUT2D eigenvalue weighted by Gasteiger charge is 2.43.